The van der Waals surface area contributed by atoms with E-state index in [1.165, 1.54) is 12.3 Å². The van der Waals surface area contributed by atoms with Gasteiger partial charge in [0.15, 0.2) is 0 Å². The van der Waals surface area contributed by atoms with Crippen molar-refractivity contribution in [3.63, 3.8) is 0 Å². The second kappa shape index (κ2) is 10.4. The van der Waals surface area contributed by atoms with E-state index < -0.39 is 6.03 Å². The van der Waals surface area contributed by atoms with E-state index in [0.717, 1.165) is 11.4 Å². The lowest BCUT2D eigenvalue weighted by Gasteiger charge is -2.10. The predicted octanol–water partition coefficient (Wildman–Crippen LogP) is 4.39. The average molecular weight is 418 g/mol. The van der Waals surface area contributed by atoms with Gasteiger partial charge in [0, 0.05) is 23.3 Å². The van der Waals surface area contributed by atoms with Crippen LogP contribution in [0.5, 0.6) is 5.75 Å². The van der Waals surface area contributed by atoms with Crippen LogP contribution in [0, 0.1) is 0 Å². The minimum absolute atomic E-state index is 0.317. The van der Waals surface area contributed by atoms with Crippen molar-refractivity contribution in [1.29, 1.82) is 0 Å². The van der Waals surface area contributed by atoms with Gasteiger partial charge in [0.05, 0.1) is 6.61 Å². The van der Waals surface area contributed by atoms with Crippen LogP contribution in [0.2, 0.25) is 0 Å². The van der Waals surface area contributed by atoms with Gasteiger partial charge in [0.2, 0.25) is 11.9 Å². The maximum Gasteiger partial charge on any atom is 0.324 e. The lowest BCUT2D eigenvalue weighted by molar-refractivity contribution is -0.111. The minimum Gasteiger partial charge on any atom is -0.494 e. The number of anilines is 5. The third-order valence-corrected chi connectivity index (χ3v) is 3.89. The summed E-state index contributed by atoms with van der Waals surface area (Å²) in [6, 6.07) is 15.2. The van der Waals surface area contributed by atoms with E-state index in [-0.39, 0.29) is 5.91 Å². The molecule has 158 valence electrons. The molecule has 9 nitrogen and oxygen atoms in total. The van der Waals surface area contributed by atoms with Crippen LogP contribution in [0.1, 0.15) is 6.92 Å². The van der Waals surface area contributed by atoms with E-state index in [4.69, 9.17) is 4.74 Å². The summed E-state index contributed by atoms with van der Waals surface area (Å²) in [6.45, 7) is 5.92. The Morgan fingerprint density at radius 1 is 1.00 bits per heavy atom. The highest BCUT2D eigenvalue weighted by atomic mass is 16.5. The summed E-state index contributed by atoms with van der Waals surface area (Å²) in [4.78, 5) is 32.2. The zero-order chi connectivity index (χ0) is 22.1. The summed E-state index contributed by atoms with van der Waals surface area (Å²) in [5.41, 5.74) is 1.82. The molecule has 4 N–H and O–H groups in total. The van der Waals surface area contributed by atoms with Gasteiger partial charge in [-0.1, -0.05) is 12.6 Å². The molecule has 31 heavy (non-hydrogen) atoms. The predicted molar refractivity (Wildman–Crippen MR) is 121 cm³/mol. The summed E-state index contributed by atoms with van der Waals surface area (Å²) in [5, 5.41) is 11.0. The van der Waals surface area contributed by atoms with Crippen LogP contribution in [0.3, 0.4) is 0 Å². The quantitative estimate of drug-likeness (QED) is 0.403. The van der Waals surface area contributed by atoms with E-state index in [2.05, 4.69) is 37.8 Å². The molecule has 9 heteroatoms. The smallest absolute Gasteiger partial charge is 0.324 e. The van der Waals surface area contributed by atoms with Crippen LogP contribution >= 0.6 is 0 Å². The van der Waals surface area contributed by atoms with Crippen molar-refractivity contribution in [3.8, 4) is 5.75 Å². The van der Waals surface area contributed by atoms with Crippen LogP contribution in [-0.4, -0.2) is 28.5 Å². The van der Waals surface area contributed by atoms with Crippen molar-refractivity contribution >= 4 is 40.8 Å². The van der Waals surface area contributed by atoms with Crippen molar-refractivity contribution in [2.45, 2.75) is 6.92 Å². The van der Waals surface area contributed by atoms with Gasteiger partial charge in [0.1, 0.15) is 11.6 Å². The van der Waals surface area contributed by atoms with E-state index in [1.54, 1.807) is 30.3 Å². The van der Waals surface area contributed by atoms with Crippen molar-refractivity contribution < 1.29 is 14.3 Å². The largest absolute Gasteiger partial charge is 0.494 e. The highest BCUT2D eigenvalue weighted by Gasteiger charge is 2.07. The zero-order valence-electron chi connectivity index (χ0n) is 16.9. The number of carbonyl (C=O) groups excluding carboxylic acids is 2. The summed E-state index contributed by atoms with van der Waals surface area (Å²) in [5.74, 6) is 1.08. The van der Waals surface area contributed by atoms with E-state index >= 15 is 0 Å². The summed E-state index contributed by atoms with van der Waals surface area (Å²) >= 11 is 0. The number of aromatic nitrogens is 2. The molecule has 0 unspecified atom stereocenters. The molecule has 0 saturated carbocycles. The first-order chi connectivity index (χ1) is 15.1. The fourth-order valence-corrected chi connectivity index (χ4v) is 2.57. The Bertz CT molecular complexity index is 1070. The maximum absolute atomic E-state index is 12.3. The molecule has 0 aliphatic heterocycles. The Hall–Kier alpha value is -4.40. The number of rotatable bonds is 8. The number of nitrogens with one attached hydrogen (secondary N) is 4. The number of nitrogens with zero attached hydrogens (tertiary/aromatic N) is 2. The molecule has 3 aromatic rings. The third-order valence-electron chi connectivity index (χ3n) is 3.89. The summed E-state index contributed by atoms with van der Waals surface area (Å²) < 4.78 is 5.42. The van der Waals surface area contributed by atoms with Crippen molar-refractivity contribution in [2.75, 3.05) is 27.9 Å². The fraction of sp³-hybridized carbons (Fsp3) is 0.0909. The Morgan fingerprint density at radius 2 is 1.74 bits per heavy atom. The molecule has 1 aromatic heterocycles. The zero-order valence-corrected chi connectivity index (χ0v) is 16.9. The van der Waals surface area contributed by atoms with Gasteiger partial charge >= 0.3 is 6.03 Å². The first-order valence-corrected chi connectivity index (χ1v) is 9.50. The molecule has 0 atom stereocenters. The second-order valence-electron chi connectivity index (χ2n) is 6.20. The highest BCUT2D eigenvalue weighted by Crippen LogP contribution is 2.19. The van der Waals surface area contributed by atoms with E-state index in [9.17, 15) is 9.59 Å². The molecular weight excluding hydrogens is 396 g/mol. The number of urea groups is 1. The third kappa shape index (κ3) is 6.57. The summed E-state index contributed by atoms with van der Waals surface area (Å²) in [6.07, 6.45) is 2.70. The minimum atomic E-state index is -0.488. The maximum atomic E-state index is 12.3. The van der Waals surface area contributed by atoms with Gasteiger partial charge in [0.25, 0.3) is 0 Å². The monoisotopic (exact) mass is 418 g/mol. The molecule has 3 amide bonds. The van der Waals surface area contributed by atoms with Crippen LogP contribution in [-0.2, 0) is 4.79 Å². The van der Waals surface area contributed by atoms with Crippen LogP contribution in [0.4, 0.5) is 33.6 Å². The lowest BCUT2D eigenvalue weighted by atomic mass is 10.2. The van der Waals surface area contributed by atoms with Crippen molar-refractivity contribution in [3.05, 3.63) is 73.4 Å². The molecule has 0 aliphatic rings. The van der Waals surface area contributed by atoms with Gasteiger partial charge in [-0.3, -0.25) is 10.1 Å². The fourth-order valence-electron chi connectivity index (χ4n) is 2.57. The van der Waals surface area contributed by atoms with Gasteiger partial charge in [-0.25, -0.2) is 9.78 Å². The van der Waals surface area contributed by atoms with Crippen LogP contribution in [0.15, 0.2) is 73.4 Å². The van der Waals surface area contributed by atoms with Gasteiger partial charge in [-0.05, 0) is 61.5 Å². The number of ether oxygens (including phenoxy) is 1. The van der Waals surface area contributed by atoms with Gasteiger partial charge in [-0.2, -0.15) is 4.98 Å². The highest BCUT2D eigenvalue weighted by molar-refractivity contribution is 6.01. The average Bonchev–Trinajstić information content (AvgIpc) is 2.75. The molecule has 0 saturated heterocycles. The number of carbonyl (C=O) groups is 2. The SMILES string of the molecule is C=CC(=O)Nc1cccc(NC(=O)Nc2ccnc(Nc3ccc(OCC)cc3)n2)c1. The lowest BCUT2D eigenvalue weighted by Crippen LogP contribution is -2.20. The Kier molecular flexibility index (Phi) is 7.15. The van der Waals surface area contributed by atoms with E-state index in [0.29, 0.717) is 29.7 Å². The summed E-state index contributed by atoms with van der Waals surface area (Å²) in [7, 11) is 0. The number of amides is 3. The molecule has 1 heterocycles. The second-order valence-corrected chi connectivity index (χ2v) is 6.20. The van der Waals surface area contributed by atoms with Gasteiger partial charge < -0.3 is 20.7 Å². The molecule has 0 aliphatic carbocycles. The normalized spacial score (nSPS) is 9.97. The standard InChI is InChI=1S/C22H22N6O3/c1-3-20(29)24-16-6-5-7-17(14-16)26-22(30)28-19-12-13-23-21(27-19)25-15-8-10-18(11-9-15)31-4-2/h3,5-14H,1,4H2,2H3,(H,24,29)(H3,23,25,26,27,28,30). The van der Waals surface area contributed by atoms with Crippen molar-refractivity contribution in [2.24, 2.45) is 0 Å². The van der Waals surface area contributed by atoms with E-state index in [1.807, 2.05) is 31.2 Å². The Morgan fingerprint density at radius 3 is 2.45 bits per heavy atom. The molecule has 0 fully saturated rings. The molecule has 0 bridgehead atoms. The first kappa shape index (κ1) is 21.3. The first-order valence-electron chi connectivity index (χ1n) is 9.50. The number of hydrogen-bond donors (Lipinski definition) is 4. The molecule has 2 aromatic carbocycles. The number of hydrogen-bond acceptors (Lipinski definition) is 6. The molecular formula is C22H22N6O3. The number of benzene rings is 2. The topological polar surface area (TPSA) is 117 Å². The Labute approximate surface area is 179 Å². The molecule has 3 rings (SSSR count). The van der Waals surface area contributed by atoms with Crippen molar-refractivity contribution in [1.82, 2.24) is 9.97 Å². The Balaban J connectivity index is 1.60. The van der Waals surface area contributed by atoms with Gasteiger partial charge in [-0.15, -0.1) is 0 Å². The molecule has 0 spiro atoms. The van der Waals surface area contributed by atoms with Crippen LogP contribution in [0.25, 0.3) is 0 Å². The van der Waals surface area contributed by atoms with Crippen LogP contribution < -0.4 is 26.0 Å². The molecule has 0 radical (unpaired) electrons.